The van der Waals surface area contributed by atoms with E-state index in [-0.39, 0.29) is 0 Å². The fourth-order valence-electron chi connectivity index (χ4n) is 1.36. The summed E-state index contributed by atoms with van der Waals surface area (Å²) in [6.45, 7) is 0. The van der Waals surface area contributed by atoms with Crippen LogP contribution in [0.2, 0.25) is 0 Å². The zero-order chi connectivity index (χ0) is 12.2. The molecule has 0 radical (unpaired) electrons. The quantitative estimate of drug-likeness (QED) is 0.803. The lowest BCUT2D eigenvalue weighted by Gasteiger charge is -2.28. The summed E-state index contributed by atoms with van der Waals surface area (Å²) >= 11 is 0. The predicted octanol–water partition coefficient (Wildman–Crippen LogP) is 2.37. The van der Waals surface area contributed by atoms with E-state index in [9.17, 15) is 4.57 Å². The molecule has 1 N–H and O–H groups in total. The van der Waals surface area contributed by atoms with E-state index in [4.69, 9.17) is 0 Å². The molecule has 0 aromatic heterocycles. The highest BCUT2D eigenvalue weighted by molar-refractivity contribution is 7.62. The molecule has 1 atom stereocenters. The van der Waals surface area contributed by atoms with Gasteiger partial charge in [0.2, 0.25) is 7.44 Å². The van der Waals surface area contributed by atoms with E-state index >= 15 is 0 Å². The van der Waals surface area contributed by atoms with Crippen molar-refractivity contribution in [3.8, 4) is 0 Å². The lowest BCUT2D eigenvalue weighted by molar-refractivity contribution is 0.438. The van der Waals surface area contributed by atoms with Gasteiger partial charge in [-0.25, -0.2) is 4.67 Å². The van der Waals surface area contributed by atoms with E-state index in [1.54, 1.807) is 4.67 Å². The zero-order valence-electron chi connectivity index (χ0n) is 10.3. The van der Waals surface area contributed by atoms with Gasteiger partial charge in [-0.2, -0.15) is 0 Å². The number of rotatable bonds is 5. The van der Waals surface area contributed by atoms with Gasteiger partial charge in [0.15, 0.2) is 0 Å². The third-order valence-electron chi connectivity index (χ3n) is 2.20. The van der Waals surface area contributed by atoms with Crippen molar-refractivity contribution in [2.75, 3.05) is 39.6 Å². The van der Waals surface area contributed by atoms with Crippen molar-refractivity contribution in [1.29, 1.82) is 0 Å². The van der Waals surface area contributed by atoms with Crippen LogP contribution in [0.3, 0.4) is 0 Å². The minimum atomic E-state index is -2.56. The number of nitrogens with zero attached hydrogens (tertiary/aromatic N) is 2. The fourth-order valence-corrected chi connectivity index (χ4v) is 3.20. The Labute approximate surface area is 97.7 Å². The van der Waals surface area contributed by atoms with E-state index in [1.165, 1.54) is 0 Å². The molecule has 0 aliphatic heterocycles. The standard InChI is InChI=1S/C11H20N3OP/c1-13(2)10-16(15,14(3)4)12-11-8-6-5-7-9-11/h5-9H,10H2,1-4H3,(H,12,15). The van der Waals surface area contributed by atoms with Gasteiger partial charge < -0.3 is 5.09 Å². The molecule has 0 aliphatic rings. The highest BCUT2D eigenvalue weighted by atomic mass is 31.2. The number of anilines is 1. The molecule has 4 nitrogen and oxygen atoms in total. The summed E-state index contributed by atoms with van der Waals surface area (Å²) < 4.78 is 14.4. The predicted molar refractivity (Wildman–Crippen MR) is 69.9 cm³/mol. The van der Waals surface area contributed by atoms with Crippen molar-refractivity contribution in [3.05, 3.63) is 30.3 Å². The summed E-state index contributed by atoms with van der Waals surface area (Å²) in [7, 11) is 4.95. The number of hydrogen-bond acceptors (Lipinski definition) is 2. The largest absolute Gasteiger partial charge is 0.324 e. The maximum atomic E-state index is 12.7. The van der Waals surface area contributed by atoms with Crippen molar-refractivity contribution < 1.29 is 4.57 Å². The summed E-state index contributed by atoms with van der Waals surface area (Å²) in [5.41, 5.74) is 0.890. The van der Waals surface area contributed by atoms with E-state index < -0.39 is 7.44 Å². The van der Waals surface area contributed by atoms with Crippen LogP contribution in [-0.2, 0) is 4.57 Å². The molecule has 90 valence electrons. The number of nitrogens with one attached hydrogen (secondary N) is 1. The first-order chi connectivity index (χ1) is 7.44. The summed E-state index contributed by atoms with van der Waals surface area (Å²) in [6, 6.07) is 9.64. The van der Waals surface area contributed by atoms with Gasteiger partial charge in [-0.3, -0.25) is 9.46 Å². The van der Waals surface area contributed by atoms with Gasteiger partial charge in [-0.15, -0.1) is 0 Å². The Kier molecular flexibility index (Phi) is 4.54. The Balaban J connectivity index is 2.84. The Bertz CT molecular complexity index is 365. The number of benzene rings is 1. The van der Waals surface area contributed by atoms with Gasteiger partial charge in [-0.05, 0) is 40.3 Å². The first-order valence-corrected chi connectivity index (χ1v) is 7.03. The van der Waals surface area contributed by atoms with E-state index in [1.807, 2.05) is 63.4 Å². The van der Waals surface area contributed by atoms with Gasteiger partial charge in [0.25, 0.3) is 0 Å². The average Bonchev–Trinajstić information content (AvgIpc) is 2.17. The second kappa shape index (κ2) is 5.48. The fraction of sp³-hybridized carbons (Fsp3) is 0.455. The Morgan fingerprint density at radius 2 is 1.69 bits per heavy atom. The van der Waals surface area contributed by atoms with Crippen LogP contribution in [0.5, 0.6) is 0 Å². The summed E-state index contributed by atoms with van der Waals surface area (Å²) in [5.74, 6) is 0. The van der Waals surface area contributed by atoms with Crippen LogP contribution in [0.25, 0.3) is 0 Å². The van der Waals surface area contributed by atoms with Crippen LogP contribution in [0.15, 0.2) is 30.3 Å². The molecule has 0 fully saturated rings. The van der Waals surface area contributed by atoms with Crippen molar-refractivity contribution >= 4 is 13.1 Å². The SMILES string of the molecule is CN(C)CP(=O)(Nc1ccccc1)N(C)C. The van der Waals surface area contributed by atoms with Gasteiger partial charge in [0.05, 0.1) is 6.29 Å². The van der Waals surface area contributed by atoms with Crippen LogP contribution in [0.4, 0.5) is 5.69 Å². The lowest BCUT2D eigenvalue weighted by atomic mass is 10.3. The molecule has 0 bridgehead atoms. The number of para-hydroxylation sites is 1. The molecule has 16 heavy (non-hydrogen) atoms. The second-order valence-electron chi connectivity index (χ2n) is 4.25. The third kappa shape index (κ3) is 3.63. The minimum absolute atomic E-state index is 0.509. The summed E-state index contributed by atoms with van der Waals surface area (Å²) in [5, 5.41) is 3.13. The average molecular weight is 241 g/mol. The van der Waals surface area contributed by atoms with Crippen LogP contribution < -0.4 is 5.09 Å². The molecule has 1 unspecified atom stereocenters. The molecule has 1 rings (SSSR count). The van der Waals surface area contributed by atoms with Gasteiger partial charge in [0, 0.05) is 5.69 Å². The highest BCUT2D eigenvalue weighted by Gasteiger charge is 2.25. The van der Waals surface area contributed by atoms with Crippen LogP contribution in [0.1, 0.15) is 0 Å². The third-order valence-corrected chi connectivity index (χ3v) is 5.05. The first-order valence-electron chi connectivity index (χ1n) is 5.19. The summed E-state index contributed by atoms with van der Waals surface area (Å²) in [4.78, 5) is 1.93. The number of hydrogen-bond donors (Lipinski definition) is 1. The normalized spacial score (nSPS) is 15.1. The monoisotopic (exact) mass is 241 g/mol. The van der Waals surface area contributed by atoms with E-state index in [2.05, 4.69) is 5.09 Å². The second-order valence-corrected chi connectivity index (χ2v) is 6.96. The maximum Gasteiger partial charge on any atom is 0.250 e. The van der Waals surface area contributed by atoms with Gasteiger partial charge >= 0.3 is 0 Å². The lowest BCUT2D eigenvalue weighted by Crippen LogP contribution is -2.24. The molecular weight excluding hydrogens is 221 g/mol. The molecule has 0 amide bonds. The Morgan fingerprint density at radius 3 is 2.12 bits per heavy atom. The van der Waals surface area contributed by atoms with Crippen LogP contribution in [0, 0.1) is 0 Å². The minimum Gasteiger partial charge on any atom is -0.324 e. The van der Waals surface area contributed by atoms with Crippen LogP contribution >= 0.6 is 7.44 Å². The molecule has 0 heterocycles. The van der Waals surface area contributed by atoms with Crippen molar-refractivity contribution in [2.24, 2.45) is 0 Å². The molecule has 0 spiro atoms. The van der Waals surface area contributed by atoms with Gasteiger partial charge in [0.1, 0.15) is 0 Å². The molecule has 0 aliphatic carbocycles. The molecule has 5 heteroatoms. The molecule has 1 aromatic rings. The smallest absolute Gasteiger partial charge is 0.250 e. The zero-order valence-corrected chi connectivity index (χ0v) is 11.2. The Hall–Kier alpha value is -0.830. The first kappa shape index (κ1) is 13.2. The topological polar surface area (TPSA) is 35.6 Å². The van der Waals surface area contributed by atoms with E-state index in [0.717, 1.165) is 5.69 Å². The Morgan fingerprint density at radius 1 is 1.12 bits per heavy atom. The highest BCUT2D eigenvalue weighted by Crippen LogP contribution is 2.47. The summed E-state index contributed by atoms with van der Waals surface area (Å²) in [6.07, 6.45) is 0.509. The molecule has 0 saturated carbocycles. The van der Waals surface area contributed by atoms with Crippen molar-refractivity contribution in [2.45, 2.75) is 0 Å². The van der Waals surface area contributed by atoms with Gasteiger partial charge in [-0.1, -0.05) is 18.2 Å². The molecule has 1 aromatic carbocycles. The van der Waals surface area contributed by atoms with E-state index in [0.29, 0.717) is 6.29 Å². The molecular formula is C11H20N3OP. The molecule has 0 saturated heterocycles. The van der Waals surface area contributed by atoms with Crippen molar-refractivity contribution in [1.82, 2.24) is 9.57 Å². The van der Waals surface area contributed by atoms with Crippen molar-refractivity contribution in [3.63, 3.8) is 0 Å². The maximum absolute atomic E-state index is 12.7. The van der Waals surface area contributed by atoms with Crippen LogP contribution in [-0.4, -0.2) is 44.0 Å².